The van der Waals surface area contributed by atoms with Crippen molar-refractivity contribution in [1.29, 1.82) is 0 Å². The molecule has 0 aromatic rings. The minimum Gasteiger partial charge on any atom is -0.481 e. The maximum Gasteiger partial charge on any atom is 0.300 e. The molecule has 1 amide bonds. The molecule has 0 saturated heterocycles. The van der Waals surface area contributed by atoms with Crippen LogP contribution in [0.25, 0.3) is 0 Å². The Balaban J connectivity index is 0. The topological polar surface area (TPSA) is 92.4 Å². The zero-order valence-corrected chi connectivity index (χ0v) is 11.3. The van der Waals surface area contributed by atoms with Crippen molar-refractivity contribution < 1.29 is 14.7 Å². The Morgan fingerprint density at radius 3 is 2.18 bits per heavy atom. The van der Waals surface area contributed by atoms with Gasteiger partial charge < -0.3 is 16.2 Å². The number of carboxylic acid groups (broad SMARTS) is 1. The molecule has 4 N–H and O–H groups in total. The van der Waals surface area contributed by atoms with Crippen LogP contribution < -0.4 is 11.1 Å². The van der Waals surface area contributed by atoms with Crippen molar-refractivity contribution >= 4 is 11.9 Å². The van der Waals surface area contributed by atoms with Gasteiger partial charge in [0.2, 0.25) is 5.91 Å². The highest BCUT2D eigenvalue weighted by molar-refractivity contribution is 5.81. The molecule has 0 aliphatic carbocycles. The molecule has 5 nitrogen and oxygen atoms in total. The summed E-state index contributed by atoms with van der Waals surface area (Å²) >= 11 is 0. The lowest BCUT2D eigenvalue weighted by Gasteiger charge is -2.13. The lowest BCUT2D eigenvalue weighted by molar-refractivity contribution is -0.134. The smallest absolute Gasteiger partial charge is 0.300 e. The fraction of sp³-hybridized carbons (Fsp3) is 0.833. The van der Waals surface area contributed by atoms with E-state index in [1.54, 1.807) is 0 Å². The molecule has 0 saturated carbocycles. The largest absolute Gasteiger partial charge is 0.481 e. The van der Waals surface area contributed by atoms with E-state index >= 15 is 0 Å². The number of carbonyl (C=O) groups excluding carboxylic acids is 1. The number of unbranched alkanes of at least 4 members (excludes halogenated alkanes) is 1. The molecule has 1 atom stereocenters. The summed E-state index contributed by atoms with van der Waals surface area (Å²) in [6, 6.07) is -0.336. The van der Waals surface area contributed by atoms with Crippen LogP contribution in [0.4, 0.5) is 0 Å². The van der Waals surface area contributed by atoms with Crippen molar-refractivity contribution in [1.82, 2.24) is 5.32 Å². The van der Waals surface area contributed by atoms with Crippen LogP contribution in [-0.4, -0.2) is 29.6 Å². The van der Waals surface area contributed by atoms with Gasteiger partial charge in [0.15, 0.2) is 0 Å². The molecule has 0 aliphatic heterocycles. The first-order chi connectivity index (χ1) is 7.81. The van der Waals surface area contributed by atoms with E-state index in [0.717, 1.165) is 32.7 Å². The van der Waals surface area contributed by atoms with Gasteiger partial charge in [0.25, 0.3) is 5.97 Å². The number of amides is 1. The van der Waals surface area contributed by atoms with E-state index < -0.39 is 5.97 Å². The Morgan fingerprint density at radius 1 is 1.35 bits per heavy atom. The maximum absolute atomic E-state index is 11.3. The third-order valence-corrected chi connectivity index (χ3v) is 1.89. The number of nitrogens with two attached hydrogens (primary N) is 1. The van der Waals surface area contributed by atoms with Crippen LogP contribution >= 0.6 is 0 Å². The average molecular weight is 246 g/mol. The van der Waals surface area contributed by atoms with Gasteiger partial charge in [-0.3, -0.25) is 9.59 Å². The van der Waals surface area contributed by atoms with Gasteiger partial charge in [0.05, 0.1) is 6.04 Å². The summed E-state index contributed by atoms with van der Waals surface area (Å²) in [6.07, 6.45) is 2.89. The molecule has 0 unspecified atom stereocenters. The van der Waals surface area contributed by atoms with E-state index in [1.807, 2.05) is 0 Å². The van der Waals surface area contributed by atoms with Gasteiger partial charge in [0, 0.05) is 13.5 Å². The van der Waals surface area contributed by atoms with Crippen LogP contribution in [0.2, 0.25) is 0 Å². The van der Waals surface area contributed by atoms with Crippen molar-refractivity contribution in [2.24, 2.45) is 11.7 Å². The summed E-state index contributed by atoms with van der Waals surface area (Å²) in [5.41, 5.74) is 5.69. The normalized spacial score (nSPS) is 11.4. The summed E-state index contributed by atoms with van der Waals surface area (Å²) in [7, 11) is 0. The zero-order chi connectivity index (χ0) is 13.8. The molecule has 0 heterocycles. The molecule has 0 aromatic heterocycles. The number of carboxylic acids is 1. The zero-order valence-electron chi connectivity index (χ0n) is 11.3. The molecular formula is C12H26N2O3. The second kappa shape index (κ2) is 11.4. The molecule has 102 valence electrons. The summed E-state index contributed by atoms with van der Waals surface area (Å²) in [4.78, 5) is 20.3. The predicted molar refractivity (Wildman–Crippen MR) is 68.7 cm³/mol. The van der Waals surface area contributed by atoms with Gasteiger partial charge in [-0.2, -0.15) is 0 Å². The third-order valence-electron chi connectivity index (χ3n) is 1.89. The van der Waals surface area contributed by atoms with Crippen LogP contribution in [0.5, 0.6) is 0 Å². The van der Waals surface area contributed by atoms with Crippen molar-refractivity contribution in [3.63, 3.8) is 0 Å². The fourth-order valence-electron chi connectivity index (χ4n) is 1.13. The first kappa shape index (κ1) is 18.3. The van der Waals surface area contributed by atoms with Gasteiger partial charge in [-0.1, -0.05) is 27.2 Å². The number of rotatable bonds is 6. The average Bonchev–Trinajstić information content (AvgIpc) is 2.15. The van der Waals surface area contributed by atoms with Gasteiger partial charge in [-0.05, 0) is 18.8 Å². The second-order valence-corrected chi connectivity index (χ2v) is 4.40. The number of hydrogen-bond donors (Lipinski definition) is 3. The lowest BCUT2D eigenvalue weighted by atomic mass is 10.0. The summed E-state index contributed by atoms with van der Waals surface area (Å²) in [5.74, 6) is -0.367. The minimum atomic E-state index is -0.833. The number of aliphatic carboxylic acids is 1. The molecule has 0 fully saturated rings. The number of nitrogens with one attached hydrogen (secondary N) is 1. The second-order valence-electron chi connectivity index (χ2n) is 4.40. The summed E-state index contributed by atoms with van der Waals surface area (Å²) < 4.78 is 0. The third kappa shape index (κ3) is 17.5. The van der Waals surface area contributed by atoms with Crippen molar-refractivity contribution in [2.45, 2.75) is 53.0 Å². The SMILES string of the molecule is CC(=O)O.CCCCNC(=O)[C@@H](N)CC(C)C. The summed E-state index contributed by atoms with van der Waals surface area (Å²) in [6.45, 7) is 8.07. The molecule has 0 aliphatic rings. The maximum atomic E-state index is 11.3. The van der Waals surface area contributed by atoms with E-state index in [-0.39, 0.29) is 11.9 Å². The highest BCUT2D eigenvalue weighted by Crippen LogP contribution is 2.02. The van der Waals surface area contributed by atoms with Crippen LogP contribution in [0.15, 0.2) is 0 Å². The first-order valence-corrected chi connectivity index (χ1v) is 6.04. The van der Waals surface area contributed by atoms with Crippen LogP contribution in [0, 0.1) is 5.92 Å². The van der Waals surface area contributed by atoms with E-state index in [4.69, 9.17) is 15.6 Å². The minimum absolute atomic E-state index is 0.0119. The highest BCUT2D eigenvalue weighted by Gasteiger charge is 2.13. The lowest BCUT2D eigenvalue weighted by Crippen LogP contribution is -2.41. The van der Waals surface area contributed by atoms with E-state index in [9.17, 15) is 4.79 Å². The fourth-order valence-corrected chi connectivity index (χ4v) is 1.13. The van der Waals surface area contributed by atoms with Crippen LogP contribution in [0.3, 0.4) is 0 Å². The Hall–Kier alpha value is -1.10. The Morgan fingerprint density at radius 2 is 1.82 bits per heavy atom. The first-order valence-electron chi connectivity index (χ1n) is 6.04. The highest BCUT2D eigenvalue weighted by atomic mass is 16.4. The standard InChI is InChI=1S/C10H22N2O.C2H4O2/c1-4-5-6-12-10(13)9(11)7-8(2)3;1-2(3)4/h8-9H,4-7,11H2,1-3H3,(H,12,13);1H3,(H,3,4)/t9-;/m0./s1. The van der Waals surface area contributed by atoms with Crippen molar-refractivity contribution in [3.05, 3.63) is 0 Å². The van der Waals surface area contributed by atoms with E-state index in [0.29, 0.717) is 5.92 Å². The Bertz CT molecular complexity index is 214. The van der Waals surface area contributed by atoms with Gasteiger partial charge in [0.1, 0.15) is 0 Å². The van der Waals surface area contributed by atoms with Gasteiger partial charge in [-0.15, -0.1) is 0 Å². The van der Waals surface area contributed by atoms with Crippen molar-refractivity contribution in [3.8, 4) is 0 Å². The van der Waals surface area contributed by atoms with Crippen molar-refractivity contribution in [2.75, 3.05) is 6.54 Å². The molecule has 0 rings (SSSR count). The Kier molecular flexibility index (Phi) is 12.2. The van der Waals surface area contributed by atoms with E-state index in [2.05, 4.69) is 26.1 Å². The molecule has 0 bridgehead atoms. The van der Waals surface area contributed by atoms with Gasteiger partial charge >= 0.3 is 0 Å². The molecular weight excluding hydrogens is 220 g/mol. The molecule has 0 aromatic carbocycles. The van der Waals surface area contributed by atoms with Crippen LogP contribution in [-0.2, 0) is 9.59 Å². The number of carbonyl (C=O) groups is 2. The van der Waals surface area contributed by atoms with E-state index in [1.165, 1.54) is 0 Å². The van der Waals surface area contributed by atoms with Crippen LogP contribution in [0.1, 0.15) is 47.0 Å². The predicted octanol–water partition coefficient (Wildman–Crippen LogP) is 1.37. The Labute approximate surface area is 104 Å². The number of hydrogen-bond acceptors (Lipinski definition) is 3. The molecule has 0 radical (unpaired) electrons. The quantitative estimate of drug-likeness (QED) is 0.617. The summed E-state index contributed by atoms with van der Waals surface area (Å²) in [5, 5.41) is 10.2. The molecule has 5 heteroatoms. The van der Waals surface area contributed by atoms with Gasteiger partial charge in [-0.25, -0.2) is 0 Å². The monoisotopic (exact) mass is 246 g/mol. The molecule has 17 heavy (non-hydrogen) atoms. The molecule has 0 spiro atoms.